The molecular weight excluding hydrogens is 434 g/mol. The van der Waals surface area contributed by atoms with Gasteiger partial charge in [0.1, 0.15) is 5.82 Å². The third kappa shape index (κ3) is 3.66. The normalized spacial score (nSPS) is 18.3. The van der Waals surface area contributed by atoms with Crippen molar-refractivity contribution in [1.29, 1.82) is 0 Å². The standard InChI is InChI=1S/C24H25N7OS/c32-24(29-15-7-11-18(29)22-27-26-20-13-5-2-6-14-30(20)22)21-25-23(19-12-8-16-33-19)31(28-21)17-9-3-1-4-10-17/h1,3-4,8-10,12,16,18H,2,5-7,11,13-15H2. The van der Waals surface area contributed by atoms with Crippen molar-refractivity contribution in [3.8, 4) is 16.4 Å². The molecule has 1 saturated heterocycles. The predicted octanol–water partition coefficient (Wildman–Crippen LogP) is 4.29. The minimum atomic E-state index is -0.143. The van der Waals surface area contributed by atoms with Gasteiger partial charge in [-0.2, -0.15) is 0 Å². The number of rotatable bonds is 4. The lowest BCUT2D eigenvalue weighted by molar-refractivity contribution is 0.0714. The van der Waals surface area contributed by atoms with Crippen LogP contribution in [-0.4, -0.2) is 46.9 Å². The number of aromatic nitrogens is 6. The van der Waals surface area contributed by atoms with Gasteiger partial charge in [-0.1, -0.05) is 30.7 Å². The van der Waals surface area contributed by atoms with Crippen molar-refractivity contribution in [2.24, 2.45) is 0 Å². The van der Waals surface area contributed by atoms with E-state index in [0.717, 1.165) is 60.9 Å². The Labute approximate surface area is 195 Å². The van der Waals surface area contributed by atoms with E-state index in [1.807, 2.05) is 52.7 Å². The molecule has 33 heavy (non-hydrogen) atoms. The first-order valence-electron chi connectivity index (χ1n) is 11.6. The zero-order valence-electron chi connectivity index (χ0n) is 18.3. The van der Waals surface area contributed by atoms with Gasteiger partial charge in [0.25, 0.3) is 5.91 Å². The largest absolute Gasteiger partial charge is 0.326 e. The summed E-state index contributed by atoms with van der Waals surface area (Å²) < 4.78 is 4.02. The van der Waals surface area contributed by atoms with Gasteiger partial charge in [-0.3, -0.25) is 4.79 Å². The van der Waals surface area contributed by atoms with Gasteiger partial charge >= 0.3 is 0 Å². The second-order valence-electron chi connectivity index (χ2n) is 8.58. The summed E-state index contributed by atoms with van der Waals surface area (Å²) in [6.45, 7) is 1.61. The van der Waals surface area contributed by atoms with Crippen molar-refractivity contribution in [2.45, 2.75) is 51.1 Å². The number of benzene rings is 1. The van der Waals surface area contributed by atoms with Gasteiger partial charge in [-0.05, 0) is 49.3 Å². The number of likely N-dealkylation sites (tertiary alicyclic amines) is 1. The number of carbonyl (C=O) groups excluding carboxylic acids is 1. The first-order valence-corrected chi connectivity index (χ1v) is 12.5. The van der Waals surface area contributed by atoms with Crippen LogP contribution in [0.15, 0.2) is 47.8 Å². The van der Waals surface area contributed by atoms with Gasteiger partial charge in [0.2, 0.25) is 5.82 Å². The molecule has 5 heterocycles. The molecule has 168 valence electrons. The Balaban J connectivity index is 1.36. The van der Waals surface area contributed by atoms with E-state index >= 15 is 0 Å². The molecule has 4 aromatic rings. The Hall–Kier alpha value is -3.33. The Morgan fingerprint density at radius 1 is 0.970 bits per heavy atom. The zero-order valence-corrected chi connectivity index (χ0v) is 19.1. The Kier molecular flexibility index (Phi) is 5.26. The van der Waals surface area contributed by atoms with E-state index in [1.165, 1.54) is 6.42 Å². The van der Waals surface area contributed by atoms with E-state index in [9.17, 15) is 4.79 Å². The maximum absolute atomic E-state index is 13.7. The summed E-state index contributed by atoms with van der Waals surface area (Å²) >= 11 is 1.59. The summed E-state index contributed by atoms with van der Waals surface area (Å²) in [6, 6.07) is 13.8. The van der Waals surface area contributed by atoms with Crippen molar-refractivity contribution < 1.29 is 4.79 Å². The molecule has 0 spiro atoms. The molecule has 1 atom stereocenters. The third-order valence-corrected chi connectivity index (χ3v) is 7.36. The lowest BCUT2D eigenvalue weighted by atomic mass is 10.2. The maximum atomic E-state index is 13.7. The number of carbonyl (C=O) groups is 1. The van der Waals surface area contributed by atoms with Gasteiger partial charge in [0, 0.05) is 19.5 Å². The number of aryl methyl sites for hydroxylation is 1. The monoisotopic (exact) mass is 459 g/mol. The summed E-state index contributed by atoms with van der Waals surface area (Å²) in [5.74, 6) is 2.74. The molecule has 8 nitrogen and oxygen atoms in total. The number of nitrogens with zero attached hydrogens (tertiary/aromatic N) is 7. The second-order valence-corrected chi connectivity index (χ2v) is 9.52. The van der Waals surface area contributed by atoms with E-state index in [2.05, 4.69) is 19.9 Å². The fourth-order valence-electron chi connectivity index (χ4n) is 4.88. The van der Waals surface area contributed by atoms with E-state index in [0.29, 0.717) is 12.4 Å². The van der Waals surface area contributed by atoms with Crippen molar-refractivity contribution in [3.63, 3.8) is 0 Å². The molecule has 6 rings (SSSR count). The molecule has 1 fully saturated rings. The predicted molar refractivity (Wildman–Crippen MR) is 125 cm³/mol. The molecule has 9 heteroatoms. The molecule has 2 aliphatic rings. The van der Waals surface area contributed by atoms with Crippen LogP contribution in [0.3, 0.4) is 0 Å². The highest BCUT2D eigenvalue weighted by molar-refractivity contribution is 7.13. The van der Waals surface area contributed by atoms with Crippen LogP contribution in [0.2, 0.25) is 0 Å². The topological polar surface area (TPSA) is 81.7 Å². The smallest absolute Gasteiger partial charge is 0.294 e. The van der Waals surface area contributed by atoms with Gasteiger partial charge in [0.05, 0.1) is 16.6 Å². The van der Waals surface area contributed by atoms with Crippen LogP contribution < -0.4 is 0 Å². The number of amides is 1. The molecule has 3 aromatic heterocycles. The maximum Gasteiger partial charge on any atom is 0.294 e. The van der Waals surface area contributed by atoms with E-state index in [-0.39, 0.29) is 17.8 Å². The molecule has 1 aromatic carbocycles. The molecule has 1 amide bonds. The number of thiophene rings is 1. The summed E-state index contributed by atoms with van der Waals surface area (Å²) in [5.41, 5.74) is 0.883. The number of hydrogen-bond acceptors (Lipinski definition) is 6. The van der Waals surface area contributed by atoms with Crippen LogP contribution in [0.1, 0.15) is 60.4 Å². The lowest BCUT2D eigenvalue weighted by Gasteiger charge is -2.23. The fraction of sp³-hybridized carbons (Fsp3) is 0.375. The SMILES string of the molecule is O=C(c1nc(-c2cccs2)n(-c2ccccc2)n1)N1CCCC1c1nnc2n1CCCCC2. The van der Waals surface area contributed by atoms with Crippen molar-refractivity contribution in [1.82, 2.24) is 34.4 Å². The summed E-state index contributed by atoms with van der Waals surface area (Å²) in [6.07, 6.45) is 6.28. The molecular formula is C24H25N7OS. The molecule has 0 bridgehead atoms. The van der Waals surface area contributed by atoms with E-state index in [1.54, 1.807) is 16.0 Å². The number of fused-ring (bicyclic) bond motifs is 1. The van der Waals surface area contributed by atoms with Crippen LogP contribution in [0.4, 0.5) is 0 Å². The van der Waals surface area contributed by atoms with Crippen molar-refractivity contribution in [3.05, 3.63) is 65.3 Å². The molecule has 0 radical (unpaired) electrons. The van der Waals surface area contributed by atoms with Crippen LogP contribution in [0.25, 0.3) is 16.4 Å². The van der Waals surface area contributed by atoms with Gasteiger partial charge in [-0.15, -0.1) is 26.6 Å². The average Bonchev–Trinajstić information content (AvgIpc) is 3.63. The minimum Gasteiger partial charge on any atom is -0.326 e. The Morgan fingerprint density at radius 2 is 1.88 bits per heavy atom. The summed E-state index contributed by atoms with van der Waals surface area (Å²) in [4.78, 5) is 21.3. The van der Waals surface area contributed by atoms with Crippen LogP contribution in [0.5, 0.6) is 0 Å². The Morgan fingerprint density at radius 3 is 2.73 bits per heavy atom. The first kappa shape index (κ1) is 20.3. The van der Waals surface area contributed by atoms with Gasteiger partial charge < -0.3 is 9.47 Å². The lowest BCUT2D eigenvalue weighted by Crippen LogP contribution is -2.33. The average molecular weight is 460 g/mol. The molecule has 2 aliphatic heterocycles. The quantitative estimate of drug-likeness (QED) is 0.455. The summed E-state index contributed by atoms with van der Waals surface area (Å²) in [5, 5.41) is 15.7. The molecule has 0 N–H and O–H groups in total. The third-order valence-electron chi connectivity index (χ3n) is 6.49. The highest BCUT2D eigenvalue weighted by atomic mass is 32.1. The van der Waals surface area contributed by atoms with Gasteiger partial charge in [-0.25, -0.2) is 9.67 Å². The number of hydrogen-bond donors (Lipinski definition) is 0. The van der Waals surface area contributed by atoms with Crippen molar-refractivity contribution >= 4 is 17.2 Å². The number of para-hydroxylation sites is 1. The van der Waals surface area contributed by atoms with Gasteiger partial charge in [0.15, 0.2) is 11.6 Å². The highest BCUT2D eigenvalue weighted by Crippen LogP contribution is 2.34. The van der Waals surface area contributed by atoms with E-state index in [4.69, 9.17) is 4.98 Å². The highest BCUT2D eigenvalue weighted by Gasteiger charge is 2.37. The van der Waals surface area contributed by atoms with Crippen molar-refractivity contribution in [2.75, 3.05) is 6.54 Å². The molecule has 0 saturated carbocycles. The Bertz CT molecular complexity index is 1260. The first-order chi connectivity index (χ1) is 16.3. The molecule has 0 aliphatic carbocycles. The zero-order chi connectivity index (χ0) is 22.2. The minimum absolute atomic E-state index is 0.0780. The van der Waals surface area contributed by atoms with Crippen LogP contribution in [0, 0.1) is 0 Å². The van der Waals surface area contributed by atoms with Crippen LogP contribution in [-0.2, 0) is 13.0 Å². The fourth-order valence-corrected chi connectivity index (χ4v) is 5.58. The second kappa shape index (κ2) is 8.55. The molecule has 1 unspecified atom stereocenters. The van der Waals surface area contributed by atoms with Crippen LogP contribution >= 0.6 is 11.3 Å². The summed E-state index contributed by atoms with van der Waals surface area (Å²) in [7, 11) is 0. The van der Waals surface area contributed by atoms with E-state index < -0.39 is 0 Å².